The molecule has 0 aromatic rings. The lowest BCUT2D eigenvalue weighted by molar-refractivity contribution is -0.130. The number of fused-ring (bicyclic) bond motifs is 2. The van der Waals surface area contributed by atoms with Crippen LogP contribution >= 0.6 is 0 Å². The molecular formula is C10H14O3. The van der Waals surface area contributed by atoms with Gasteiger partial charge in [-0.25, -0.2) is 0 Å². The molecule has 2 fully saturated rings. The molecule has 2 aliphatic heterocycles. The van der Waals surface area contributed by atoms with Crippen molar-refractivity contribution >= 4 is 11.6 Å². The Morgan fingerprint density at radius 3 is 1.69 bits per heavy atom. The van der Waals surface area contributed by atoms with E-state index in [1.165, 1.54) is 0 Å². The van der Waals surface area contributed by atoms with Crippen molar-refractivity contribution in [1.29, 1.82) is 0 Å². The predicted octanol–water partition coefficient (Wildman–Crippen LogP) is 0.958. The van der Waals surface area contributed by atoms with Gasteiger partial charge in [-0.15, -0.1) is 0 Å². The molecule has 3 nitrogen and oxygen atoms in total. The Bertz CT molecular complexity index is 233. The number of carbonyl (C=O) groups excluding carboxylic acids is 2. The van der Waals surface area contributed by atoms with E-state index >= 15 is 0 Å². The molecule has 2 bridgehead atoms. The Kier molecular flexibility index (Phi) is 1.99. The first-order valence-electron chi connectivity index (χ1n) is 4.77. The molecule has 72 valence electrons. The maximum atomic E-state index is 11.3. The number of ether oxygens (including phenoxy) is 1. The van der Waals surface area contributed by atoms with Crippen molar-refractivity contribution in [3.8, 4) is 0 Å². The SMILES string of the molecule is CC(=O)C1C2CCC(O2)C1C(C)=O. The highest BCUT2D eigenvalue weighted by Gasteiger charge is 2.52. The zero-order valence-electron chi connectivity index (χ0n) is 7.95. The third-order valence-electron chi connectivity index (χ3n) is 3.21. The summed E-state index contributed by atoms with van der Waals surface area (Å²) >= 11 is 0. The van der Waals surface area contributed by atoms with E-state index < -0.39 is 0 Å². The van der Waals surface area contributed by atoms with Crippen molar-refractivity contribution in [3.63, 3.8) is 0 Å². The van der Waals surface area contributed by atoms with E-state index in [4.69, 9.17) is 4.74 Å². The first kappa shape index (κ1) is 8.88. The van der Waals surface area contributed by atoms with E-state index in [1.54, 1.807) is 13.8 Å². The van der Waals surface area contributed by atoms with E-state index in [9.17, 15) is 9.59 Å². The van der Waals surface area contributed by atoms with E-state index in [1.807, 2.05) is 0 Å². The van der Waals surface area contributed by atoms with Gasteiger partial charge in [0.15, 0.2) is 0 Å². The van der Waals surface area contributed by atoms with Gasteiger partial charge >= 0.3 is 0 Å². The maximum Gasteiger partial charge on any atom is 0.136 e. The molecular weight excluding hydrogens is 168 g/mol. The summed E-state index contributed by atoms with van der Waals surface area (Å²) < 4.78 is 5.58. The van der Waals surface area contributed by atoms with Gasteiger partial charge in [-0.05, 0) is 26.7 Å². The van der Waals surface area contributed by atoms with Gasteiger partial charge in [0.2, 0.25) is 0 Å². The second kappa shape index (κ2) is 2.91. The van der Waals surface area contributed by atoms with Gasteiger partial charge in [0.25, 0.3) is 0 Å². The van der Waals surface area contributed by atoms with Crippen LogP contribution in [-0.4, -0.2) is 23.8 Å². The smallest absolute Gasteiger partial charge is 0.136 e. The molecule has 4 atom stereocenters. The van der Waals surface area contributed by atoms with E-state index in [0.717, 1.165) is 12.8 Å². The summed E-state index contributed by atoms with van der Waals surface area (Å²) in [6.45, 7) is 3.12. The number of Topliss-reactive ketones (excluding diaryl/α,β-unsaturated/α-hetero) is 2. The quantitative estimate of drug-likeness (QED) is 0.638. The highest BCUT2D eigenvalue weighted by atomic mass is 16.5. The number of hydrogen-bond donors (Lipinski definition) is 0. The van der Waals surface area contributed by atoms with Gasteiger partial charge < -0.3 is 4.74 Å². The Balaban J connectivity index is 2.24. The third-order valence-corrected chi connectivity index (χ3v) is 3.21. The van der Waals surface area contributed by atoms with Crippen LogP contribution in [0.2, 0.25) is 0 Å². The van der Waals surface area contributed by atoms with Gasteiger partial charge in [0, 0.05) is 0 Å². The van der Waals surface area contributed by atoms with Gasteiger partial charge in [-0.2, -0.15) is 0 Å². The first-order chi connectivity index (χ1) is 6.11. The maximum absolute atomic E-state index is 11.3. The normalized spacial score (nSPS) is 42.3. The largest absolute Gasteiger partial charge is 0.373 e. The Morgan fingerprint density at radius 1 is 1.00 bits per heavy atom. The molecule has 0 N–H and O–H groups in total. The van der Waals surface area contributed by atoms with Crippen molar-refractivity contribution in [2.75, 3.05) is 0 Å². The molecule has 0 aromatic heterocycles. The molecule has 2 heterocycles. The second-order valence-corrected chi connectivity index (χ2v) is 4.06. The van der Waals surface area contributed by atoms with Crippen LogP contribution in [0.5, 0.6) is 0 Å². The fraction of sp³-hybridized carbons (Fsp3) is 0.800. The minimum absolute atomic E-state index is 0.0244. The number of rotatable bonds is 2. The molecule has 2 saturated heterocycles. The molecule has 0 radical (unpaired) electrons. The fourth-order valence-corrected chi connectivity index (χ4v) is 2.71. The van der Waals surface area contributed by atoms with Gasteiger partial charge in [-0.1, -0.05) is 0 Å². The average Bonchev–Trinajstić information content (AvgIpc) is 2.60. The van der Waals surface area contributed by atoms with Gasteiger partial charge in [-0.3, -0.25) is 9.59 Å². The van der Waals surface area contributed by atoms with E-state index in [2.05, 4.69) is 0 Å². The van der Waals surface area contributed by atoms with Crippen molar-refractivity contribution < 1.29 is 14.3 Å². The van der Waals surface area contributed by atoms with Crippen molar-refractivity contribution in [2.24, 2.45) is 11.8 Å². The lowest BCUT2D eigenvalue weighted by atomic mass is 9.75. The average molecular weight is 182 g/mol. The monoisotopic (exact) mass is 182 g/mol. The van der Waals surface area contributed by atoms with Gasteiger partial charge in [0.1, 0.15) is 11.6 Å². The van der Waals surface area contributed by atoms with Crippen LogP contribution in [-0.2, 0) is 14.3 Å². The van der Waals surface area contributed by atoms with Crippen molar-refractivity contribution in [2.45, 2.75) is 38.9 Å². The lowest BCUT2D eigenvalue weighted by Gasteiger charge is -2.23. The summed E-state index contributed by atoms with van der Waals surface area (Å²) in [5, 5.41) is 0. The molecule has 3 heteroatoms. The Morgan fingerprint density at radius 2 is 1.38 bits per heavy atom. The van der Waals surface area contributed by atoms with E-state index in [0.29, 0.717) is 0 Å². The second-order valence-electron chi connectivity index (χ2n) is 4.06. The molecule has 0 aliphatic carbocycles. The molecule has 0 amide bonds. The zero-order valence-corrected chi connectivity index (χ0v) is 7.95. The summed E-state index contributed by atoms with van der Waals surface area (Å²) in [7, 11) is 0. The molecule has 2 aliphatic rings. The van der Waals surface area contributed by atoms with Crippen LogP contribution in [0.15, 0.2) is 0 Å². The lowest BCUT2D eigenvalue weighted by Crippen LogP contribution is -2.36. The molecule has 0 aromatic carbocycles. The summed E-state index contributed by atoms with van der Waals surface area (Å²) in [5.41, 5.74) is 0. The summed E-state index contributed by atoms with van der Waals surface area (Å²) in [6.07, 6.45) is 1.94. The molecule has 13 heavy (non-hydrogen) atoms. The summed E-state index contributed by atoms with van der Waals surface area (Å²) in [5.74, 6) is -0.104. The Hall–Kier alpha value is -0.700. The molecule has 4 unspecified atom stereocenters. The number of ketones is 2. The zero-order chi connectivity index (χ0) is 9.59. The van der Waals surface area contributed by atoms with Crippen LogP contribution in [0.4, 0.5) is 0 Å². The van der Waals surface area contributed by atoms with Crippen LogP contribution in [0.1, 0.15) is 26.7 Å². The molecule has 0 saturated carbocycles. The minimum Gasteiger partial charge on any atom is -0.373 e. The molecule has 0 spiro atoms. The number of carbonyl (C=O) groups is 2. The molecule has 2 rings (SSSR count). The fourth-order valence-electron chi connectivity index (χ4n) is 2.71. The van der Waals surface area contributed by atoms with Crippen molar-refractivity contribution in [1.82, 2.24) is 0 Å². The first-order valence-corrected chi connectivity index (χ1v) is 4.77. The topological polar surface area (TPSA) is 43.4 Å². The van der Waals surface area contributed by atoms with Crippen LogP contribution in [0.3, 0.4) is 0 Å². The standard InChI is InChI=1S/C10H14O3/c1-5(11)9-7-3-4-8(13-7)10(9)6(2)12/h7-10H,3-4H2,1-2H3. The van der Waals surface area contributed by atoms with Crippen LogP contribution in [0.25, 0.3) is 0 Å². The highest BCUT2D eigenvalue weighted by molar-refractivity contribution is 5.89. The van der Waals surface area contributed by atoms with Crippen LogP contribution in [0, 0.1) is 11.8 Å². The predicted molar refractivity (Wildman–Crippen MR) is 46.2 cm³/mol. The third kappa shape index (κ3) is 1.22. The summed E-state index contributed by atoms with van der Waals surface area (Å²) in [6, 6.07) is 0. The highest BCUT2D eigenvalue weighted by Crippen LogP contribution is 2.44. The van der Waals surface area contributed by atoms with Gasteiger partial charge in [0.05, 0.1) is 24.0 Å². The van der Waals surface area contributed by atoms with E-state index in [-0.39, 0.29) is 35.6 Å². The summed E-state index contributed by atoms with van der Waals surface area (Å²) in [4.78, 5) is 22.6. The van der Waals surface area contributed by atoms with Crippen molar-refractivity contribution in [3.05, 3.63) is 0 Å². The van der Waals surface area contributed by atoms with Crippen LogP contribution < -0.4 is 0 Å². The Labute approximate surface area is 77.4 Å². The number of hydrogen-bond acceptors (Lipinski definition) is 3. The minimum atomic E-state index is -0.156.